The van der Waals surface area contributed by atoms with Gasteiger partial charge in [0.15, 0.2) is 0 Å². The molecule has 4 nitrogen and oxygen atoms in total. The lowest BCUT2D eigenvalue weighted by Crippen LogP contribution is -2.37. The summed E-state index contributed by atoms with van der Waals surface area (Å²) < 4.78 is 0. The molecule has 1 unspecified atom stereocenters. The fraction of sp³-hybridized carbons (Fsp3) is 0.417. The molecule has 1 atom stereocenters. The Morgan fingerprint density at radius 3 is 2.88 bits per heavy atom. The van der Waals surface area contributed by atoms with Crippen molar-refractivity contribution in [2.24, 2.45) is 5.73 Å². The predicted molar refractivity (Wildman–Crippen MR) is 65.7 cm³/mol. The Labute approximate surface area is 96.5 Å². The highest BCUT2D eigenvalue weighted by Gasteiger charge is 2.21. The van der Waals surface area contributed by atoms with Crippen LogP contribution < -0.4 is 11.1 Å². The first-order chi connectivity index (χ1) is 7.67. The van der Waals surface area contributed by atoms with Crippen molar-refractivity contribution < 1.29 is 4.79 Å². The van der Waals surface area contributed by atoms with Gasteiger partial charge in [-0.1, -0.05) is 12.7 Å². The van der Waals surface area contributed by atoms with Crippen LogP contribution in [0, 0.1) is 0 Å². The molecule has 1 aliphatic heterocycles. The third-order valence-electron chi connectivity index (χ3n) is 2.56. The normalized spacial score (nSPS) is 22.6. The third-order valence-corrected chi connectivity index (χ3v) is 2.56. The molecule has 88 valence electrons. The molecule has 1 heterocycles. The lowest BCUT2D eigenvalue weighted by Gasteiger charge is -2.13. The number of carbonyl (C=O) groups is 1. The molecule has 0 aromatic rings. The molecule has 1 rings (SSSR count). The lowest BCUT2D eigenvalue weighted by molar-refractivity contribution is -0.117. The topological polar surface area (TPSA) is 58.4 Å². The van der Waals surface area contributed by atoms with Gasteiger partial charge in [-0.05, 0) is 38.4 Å². The van der Waals surface area contributed by atoms with Crippen molar-refractivity contribution in [2.45, 2.75) is 12.5 Å². The average Bonchev–Trinajstić information content (AvgIpc) is 2.63. The van der Waals surface area contributed by atoms with Crippen LogP contribution in [0.1, 0.15) is 6.42 Å². The standard InChI is InChI=1S/C12H19N3O/c1-3-4-10(5-7-13)12(16)14-11-6-8-15(2)9-11/h3-5,7,11H,1,6,8-9,13H2,2H3,(H,14,16)/b7-5-,10-4+. The number of nitrogens with one attached hydrogen (secondary N) is 1. The largest absolute Gasteiger partial charge is 0.405 e. The molecule has 1 saturated heterocycles. The Morgan fingerprint density at radius 1 is 1.62 bits per heavy atom. The van der Waals surface area contributed by atoms with E-state index < -0.39 is 0 Å². The van der Waals surface area contributed by atoms with E-state index in [1.54, 1.807) is 18.2 Å². The van der Waals surface area contributed by atoms with Gasteiger partial charge >= 0.3 is 0 Å². The summed E-state index contributed by atoms with van der Waals surface area (Å²) in [6.45, 7) is 5.50. The number of allylic oxidation sites excluding steroid dienone is 2. The number of rotatable bonds is 4. The van der Waals surface area contributed by atoms with Crippen molar-refractivity contribution in [2.75, 3.05) is 20.1 Å². The Balaban J connectivity index is 2.56. The summed E-state index contributed by atoms with van der Waals surface area (Å²) in [7, 11) is 2.05. The van der Waals surface area contributed by atoms with Crippen LogP contribution in [0.2, 0.25) is 0 Å². The molecule has 16 heavy (non-hydrogen) atoms. The average molecular weight is 221 g/mol. The Kier molecular flexibility index (Phi) is 4.79. The highest BCUT2D eigenvalue weighted by molar-refractivity contribution is 5.96. The second kappa shape index (κ2) is 6.12. The van der Waals surface area contributed by atoms with E-state index >= 15 is 0 Å². The number of likely N-dealkylation sites (N-methyl/N-ethyl adjacent to an activating group) is 1. The molecular formula is C12H19N3O. The Morgan fingerprint density at radius 2 is 2.38 bits per heavy atom. The van der Waals surface area contributed by atoms with Crippen LogP contribution in [0.4, 0.5) is 0 Å². The van der Waals surface area contributed by atoms with Crippen molar-refractivity contribution in [3.8, 4) is 0 Å². The number of carbonyl (C=O) groups excluding carboxylic acids is 1. The van der Waals surface area contributed by atoms with Crippen molar-refractivity contribution in [1.29, 1.82) is 0 Å². The zero-order valence-electron chi connectivity index (χ0n) is 9.65. The van der Waals surface area contributed by atoms with E-state index in [1.807, 2.05) is 7.05 Å². The summed E-state index contributed by atoms with van der Waals surface area (Å²) in [6, 6.07) is 0.233. The second-order valence-electron chi connectivity index (χ2n) is 3.94. The van der Waals surface area contributed by atoms with E-state index in [0.717, 1.165) is 19.5 Å². The van der Waals surface area contributed by atoms with Crippen molar-refractivity contribution in [3.63, 3.8) is 0 Å². The third kappa shape index (κ3) is 3.55. The predicted octanol–water partition coefficient (Wildman–Crippen LogP) is 0.391. The number of nitrogens with two attached hydrogens (primary N) is 1. The molecule has 3 N–H and O–H groups in total. The van der Waals surface area contributed by atoms with E-state index in [4.69, 9.17) is 5.73 Å². The van der Waals surface area contributed by atoms with E-state index in [1.165, 1.54) is 6.20 Å². The summed E-state index contributed by atoms with van der Waals surface area (Å²) in [6.07, 6.45) is 7.16. The molecule has 0 radical (unpaired) electrons. The van der Waals surface area contributed by atoms with Crippen molar-refractivity contribution in [3.05, 3.63) is 36.6 Å². The summed E-state index contributed by atoms with van der Waals surface area (Å²) >= 11 is 0. The Hall–Kier alpha value is -1.55. The molecule has 4 heteroatoms. The molecule has 0 spiro atoms. The van der Waals surface area contributed by atoms with Crippen molar-refractivity contribution in [1.82, 2.24) is 10.2 Å². The summed E-state index contributed by atoms with van der Waals surface area (Å²) in [5, 5.41) is 2.98. The first kappa shape index (κ1) is 12.5. The number of amides is 1. The van der Waals surface area contributed by atoms with Crippen LogP contribution in [0.5, 0.6) is 0 Å². The molecule has 0 aromatic carbocycles. The highest BCUT2D eigenvalue weighted by Crippen LogP contribution is 2.07. The van der Waals surface area contributed by atoms with Crippen LogP contribution in [-0.2, 0) is 4.79 Å². The molecule has 0 bridgehead atoms. The fourth-order valence-electron chi connectivity index (χ4n) is 1.76. The van der Waals surface area contributed by atoms with E-state index in [2.05, 4.69) is 16.8 Å². The summed E-state index contributed by atoms with van der Waals surface area (Å²) in [4.78, 5) is 14.0. The van der Waals surface area contributed by atoms with Gasteiger partial charge < -0.3 is 16.0 Å². The van der Waals surface area contributed by atoms with E-state index in [-0.39, 0.29) is 11.9 Å². The Bertz CT molecular complexity index is 320. The van der Waals surface area contributed by atoms with Gasteiger partial charge in [0, 0.05) is 18.2 Å². The van der Waals surface area contributed by atoms with Gasteiger partial charge in [-0.2, -0.15) is 0 Å². The van der Waals surface area contributed by atoms with Crippen molar-refractivity contribution >= 4 is 5.91 Å². The van der Waals surface area contributed by atoms with Crippen LogP contribution >= 0.6 is 0 Å². The number of likely N-dealkylation sites (tertiary alicyclic amines) is 1. The maximum absolute atomic E-state index is 11.8. The lowest BCUT2D eigenvalue weighted by atomic mass is 10.2. The minimum atomic E-state index is -0.0955. The van der Waals surface area contributed by atoms with Gasteiger partial charge in [0.2, 0.25) is 0 Å². The monoisotopic (exact) mass is 221 g/mol. The van der Waals surface area contributed by atoms with Gasteiger partial charge in [0.1, 0.15) is 0 Å². The van der Waals surface area contributed by atoms with E-state index in [0.29, 0.717) is 5.57 Å². The molecule has 0 aromatic heterocycles. The van der Waals surface area contributed by atoms with Crippen LogP contribution in [-0.4, -0.2) is 37.0 Å². The number of hydrogen-bond donors (Lipinski definition) is 2. The van der Waals surface area contributed by atoms with Gasteiger partial charge in [0.25, 0.3) is 5.91 Å². The summed E-state index contributed by atoms with van der Waals surface area (Å²) in [5.74, 6) is -0.0955. The molecule has 1 aliphatic rings. The SMILES string of the molecule is C=C/C=C(\C=C/N)C(=O)NC1CCN(C)C1. The van der Waals surface area contributed by atoms with Gasteiger partial charge in [-0.3, -0.25) is 4.79 Å². The molecular weight excluding hydrogens is 202 g/mol. The molecule has 1 amide bonds. The molecule has 1 fully saturated rings. The minimum Gasteiger partial charge on any atom is -0.405 e. The smallest absolute Gasteiger partial charge is 0.251 e. The maximum atomic E-state index is 11.8. The zero-order valence-corrected chi connectivity index (χ0v) is 9.65. The maximum Gasteiger partial charge on any atom is 0.251 e. The van der Waals surface area contributed by atoms with Crippen LogP contribution in [0.25, 0.3) is 0 Å². The first-order valence-corrected chi connectivity index (χ1v) is 5.37. The quantitative estimate of drug-likeness (QED) is 0.533. The molecule has 0 aliphatic carbocycles. The van der Waals surface area contributed by atoms with Crippen LogP contribution in [0.3, 0.4) is 0 Å². The second-order valence-corrected chi connectivity index (χ2v) is 3.94. The van der Waals surface area contributed by atoms with E-state index in [9.17, 15) is 4.79 Å². The number of hydrogen-bond acceptors (Lipinski definition) is 3. The van der Waals surface area contributed by atoms with Gasteiger partial charge in [-0.15, -0.1) is 0 Å². The first-order valence-electron chi connectivity index (χ1n) is 5.37. The van der Waals surface area contributed by atoms with Gasteiger partial charge in [0.05, 0.1) is 0 Å². The summed E-state index contributed by atoms with van der Waals surface area (Å²) in [5.41, 5.74) is 5.82. The van der Waals surface area contributed by atoms with Crippen LogP contribution in [0.15, 0.2) is 36.6 Å². The zero-order chi connectivity index (χ0) is 12.0. The van der Waals surface area contributed by atoms with Gasteiger partial charge in [-0.25, -0.2) is 0 Å². The minimum absolute atomic E-state index is 0.0955. The fourth-order valence-corrected chi connectivity index (χ4v) is 1.76. The number of nitrogens with zero attached hydrogens (tertiary/aromatic N) is 1. The molecule has 0 saturated carbocycles. The highest BCUT2D eigenvalue weighted by atomic mass is 16.1.